The molecule has 0 aliphatic rings. The molecule has 0 bridgehead atoms. The molecule has 26 heavy (non-hydrogen) atoms. The molecular weight excluding hydrogens is 328 g/mol. The van der Waals surface area contributed by atoms with Crippen LogP contribution in [0.25, 0.3) is 0 Å². The molecule has 1 amide bonds. The lowest BCUT2D eigenvalue weighted by Gasteiger charge is -2.09. The first kappa shape index (κ1) is 17.4. The van der Waals surface area contributed by atoms with E-state index in [4.69, 9.17) is 4.74 Å². The van der Waals surface area contributed by atoms with Crippen LogP contribution in [0.1, 0.15) is 23.0 Å². The molecule has 0 spiro atoms. The molecule has 0 fully saturated rings. The van der Waals surface area contributed by atoms with Crippen LogP contribution in [0.4, 0.5) is 17.2 Å². The topological polar surface area (TPSA) is 76.1 Å². The number of amides is 1. The van der Waals surface area contributed by atoms with Gasteiger partial charge < -0.3 is 15.4 Å². The lowest BCUT2D eigenvalue weighted by atomic mass is 10.2. The number of aryl methyl sites for hydroxylation is 1. The Kier molecular flexibility index (Phi) is 5.43. The molecule has 2 N–H and O–H groups in total. The zero-order chi connectivity index (χ0) is 18.4. The number of nitrogens with one attached hydrogen (secondary N) is 2. The molecule has 0 saturated heterocycles. The zero-order valence-corrected chi connectivity index (χ0v) is 14.7. The van der Waals surface area contributed by atoms with Crippen LogP contribution in [0, 0.1) is 6.92 Å². The van der Waals surface area contributed by atoms with Crippen molar-refractivity contribution in [3.63, 3.8) is 0 Å². The molecule has 3 aromatic rings. The minimum Gasteiger partial charge on any atom is -0.494 e. The molecule has 1 aromatic heterocycles. The standard InChI is InChI=1S/C20H20N4O2/c1-3-26-18-10-4-15(5-11-18)20(25)24-17-8-6-16(7-9-17)23-19-12-14(2)21-13-22-19/h4-13H,3H2,1-2H3,(H,24,25)(H,21,22,23). The third-order valence-electron chi connectivity index (χ3n) is 3.65. The van der Waals surface area contributed by atoms with Crippen LogP contribution in [0.5, 0.6) is 5.75 Å². The van der Waals surface area contributed by atoms with Gasteiger partial charge in [0.1, 0.15) is 17.9 Å². The van der Waals surface area contributed by atoms with E-state index in [0.29, 0.717) is 17.9 Å². The fourth-order valence-electron chi connectivity index (χ4n) is 2.38. The number of nitrogens with zero attached hydrogens (tertiary/aromatic N) is 2. The van der Waals surface area contributed by atoms with E-state index >= 15 is 0 Å². The van der Waals surface area contributed by atoms with E-state index in [1.54, 1.807) is 24.3 Å². The summed E-state index contributed by atoms with van der Waals surface area (Å²) in [7, 11) is 0. The summed E-state index contributed by atoms with van der Waals surface area (Å²) in [4.78, 5) is 20.5. The monoisotopic (exact) mass is 348 g/mol. The van der Waals surface area contributed by atoms with Crippen molar-refractivity contribution in [2.75, 3.05) is 17.2 Å². The SMILES string of the molecule is CCOc1ccc(C(=O)Nc2ccc(Nc3cc(C)ncn3)cc2)cc1. The van der Waals surface area contributed by atoms with E-state index in [-0.39, 0.29) is 5.91 Å². The number of anilines is 3. The molecule has 132 valence electrons. The van der Waals surface area contributed by atoms with Crippen molar-refractivity contribution in [3.05, 3.63) is 72.2 Å². The second kappa shape index (κ2) is 8.11. The summed E-state index contributed by atoms with van der Waals surface area (Å²) >= 11 is 0. The Morgan fingerprint density at radius 3 is 2.35 bits per heavy atom. The average molecular weight is 348 g/mol. The fourth-order valence-corrected chi connectivity index (χ4v) is 2.38. The predicted octanol–water partition coefficient (Wildman–Crippen LogP) is 4.18. The Hall–Kier alpha value is -3.41. The number of rotatable bonds is 6. The lowest BCUT2D eigenvalue weighted by molar-refractivity contribution is 0.102. The highest BCUT2D eigenvalue weighted by molar-refractivity contribution is 6.04. The molecule has 0 radical (unpaired) electrons. The number of hydrogen-bond acceptors (Lipinski definition) is 5. The van der Waals surface area contributed by atoms with Gasteiger partial charge in [-0.15, -0.1) is 0 Å². The van der Waals surface area contributed by atoms with E-state index in [1.165, 1.54) is 6.33 Å². The van der Waals surface area contributed by atoms with E-state index in [0.717, 1.165) is 22.9 Å². The van der Waals surface area contributed by atoms with Gasteiger partial charge in [0.25, 0.3) is 5.91 Å². The van der Waals surface area contributed by atoms with Gasteiger partial charge in [-0.1, -0.05) is 0 Å². The molecule has 6 nitrogen and oxygen atoms in total. The predicted molar refractivity (Wildman–Crippen MR) is 102 cm³/mol. The number of ether oxygens (including phenoxy) is 1. The van der Waals surface area contributed by atoms with E-state index in [9.17, 15) is 4.79 Å². The number of carbonyl (C=O) groups excluding carboxylic acids is 1. The maximum atomic E-state index is 12.3. The number of aromatic nitrogens is 2. The zero-order valence-electron chi connectivity index (χ0n) is 14.7. The smallest absolute Gasteiger partial charge is 0.255 e. The highest BCUT2D eigenvalue weighted by Gasteiger charge is 2.06. The Balaban J connectivity index is 1.62. The number of benzene rings is 2. The normalized spacial score (nSPS) is 10.2. The summed E-state index contributed by atoms with van der Waals surface area (Å²) < 4.78 is 5.38. The molecule has 6 heteroatoms. The molecular formula is C20H20N4O2. The second-order valence-corrected chi connectivity index (χ2v) is 5.66. The van der Waals surface area contributed by atoms with Gasteiger partial charge in [-0.05, 0) is 62.4 Å². The van der Waals surface area contributed by atoms with E-state index < -0.39 is 0 Å². The van der Waals surface area contributed by atoms with Crippen LogP contribution in [-0.4, -0.2) is 22.5 Å². The molecule has 0 atom stereocenters. The summed E-state index contributed by atoms with van der Waals surface area (Å²) in [5, 5.41) is 6.07. The molecule has 0 unspecified atom stereocenters. The molecule has 0 aliphatic carbocycles. The van der Waals surface area contributed by atoms with Crippen LogP contribution in [-0.2, 0) is 0 Å². The van der Waals surface area contributed by atoms with Crippen molar-refractivity contribution in [1.29, 1.82) is 0 Å². The first-order chi connectivity index (χ1) is 12.6. The fraction of sp³-hybridized carbons (Fsp3) is 0.150. The third-order valence-corrected chi connectivity index (χ3v) is 3.65. The van der Waals surface area contributed by atoms with Crippen molar-refractivity contribution >= 4 is 23.1 Å². The largest absolute Gasteiger partial charge is 0.494 e. The van der Waals surface area contributed by atoms with Crippen LogP contribution in [0.3, 0.4) is 0 Å². The molecule has 3 rings (SSSR count). The highest BCUT2D eigenvalue weighted by atomic mass is 16.5. The molecule has 0 aliphatic heterocycles. The summed E-state index contributed by atoms with van der Waals surface area (Å²) in [5.41, 5.74) is 3.06. The maximum absolute atomic E-state index is 12.3. The third kappa shape index (κ3) is 4.57. The van der Waals surface area contributed by atoms with Gasteiger partial charge in [0.15, 0.2) is 0 Å². The van der Waals surface area contributed by atoms with Gasteiger partial charge in [-0.3, -0.25) is 4.79 Å². The van der Waals surface area contributed by atoms with Gasteiger partial charge in [0.2, 0.25) is 0 Å². The Bertz CT molecular complexity index is 877. The molecule has 2 aromatic carbocycles. The summed E-state index contributed by atoms with van der Waals surface area (Å²) in [5.74, 6) is 1.31. The summed E-state index contributed by atoms with van der Waals surface area (Å²) in [6.07, 6.45) is 1.52. The van der Waals surface area contributed by atoms with Crippen LogP contribution in [0.15, 0.2) is 60.9 Å². The van der Waals surface area contributed by atoms with Crippen LogP contribution in [0.2, 0.25) is 0 Å². The maximum Gasteiger partial charge on any atom is 0.255 e. The van der Waals surface area contributed by atoms with E-state index in [2.05, 4.69) is 20.6 Å². The van der Waals surface area contributed by atoms with Gasteiger partial charge in [0, 0.05) is 28.7 Å². The average Bonchev–Trinajstić information content (AvgIpc) is 2.64. The van der Waals surface area contributed by atoms with Gasteiger partial charge in [-0.25, -0.2) is 9.97 Å². The number of hydrogen-bond donors (Lipinski definition) is 2. The molecule has 0 saturated carbocycles. The Labute approximate surface area is 152 Å². The van der Waals surface area contributed by atoms with Crippen molar-refractivity contribution < 1.29 is 9.53 Å². The van der Waals surface area contributed by atoms with Crippen molar-refractivity contribution in [1.82, 2.24) is 9.97 Å². The lowest BCUT2D eigenvalue weighted by Crippen LogP contribution is -2.11. The van der Waals surface area contributed by atoms with Crippen molar-refractivity contribution in [2.24, 2.45) is 0 Å². The van der Waals surface area contributed by atoms with Gasteiger partial charge in [-0.2, -0.15) is 0 Å². The Morgan fingerprint density at radius 2 is 1.69 bits per heavy atom. The number of carbonyl (C=O) groups is 1. The first-order valence-corrected chi connectivity index (χ1v) is 8.34. The van der Waals surface area contributed by atoms with Gasteiger partial charge >= 0.3 is 0 Å². The quantitative estimate of drug-likeness (QED) is 0.699. The molecule has 1 heterocycles. The van der Waals surface area contributed by atoms with Crippen LogP contribution < -0.4 is 15.4 Å². The minimum atomic E-state index is -0.166. The van der Waals surface area contributed by atoms with Crippen molar-refractivity contribution in [2.45, 2.75) is 13.8 Å². The van der Waals surface area contributed by atoms with Crippen molar-refractivity contribution in [3.8, 4) is 5.75 Å². The first-order valence-electron chi connectivity index (χ1n) is 8.34. The van der Waals surface area contributed by atoms with Gasteiger partial charge in [0.05, 0.1) is 6.61 Å². The Morgan fingerprint density at radius 1 is 1.00 bits per heavy atom. The van der Waals surface area contributed by atoms with E-state index in [1.807, 2.05) is 44.2 Å². The van der Waals surface area contributed by atoms with Crippen LogP contribution >= 0.6 is 0 Å². The second-order valence-electron chi connectivity index (χ2n) is 5.66. The highest BCUT2D eigenvalue weighted by Crippen LogP contribution is 2.19. The minimum absolute atomic E-state index is 0.166. The summed E-state index contributed by atoms with van der Waals surface area (Å²) in [6, 6.07) is 16.4. The summed E-state index contributed by atoms with van der Waals surface area (Å²) in [6.45, 7) is 4.43.